The summed E-state index contributed by atoms with van der Waals surface area (Å²) in [5.74, 6) is -1.97. The third-order valence-corrected chi connectivity index (χ3v) is 4.54. The molecular formula is C19H21F2N3O2. The normalized spacial score (nSPS) is 17.4. The molecule has 0 radical (unpaired) electrons. The Morgan fingerprint density at radius 1 is 1.12 bits per heavy atom. The zero-order valence-electron chi connectivity index (χ0n) is 14.5. The van der Waals surface area contributed by atoms with E-state index in [0.717, 1.165) is 11.1 Å². The summed E-state index contributed by atoms with van der Waals surface area (Å²) in [5.41, 5.74) is 1.73. The minimum Gasteiger partial charge on any atom is -0.497 e. The Morgan fingerprint density at radius 2 is 1.69 bits per heavy atom. The predicted octanol–water partition coefficient (Wildman–Crippen LogP) is 3.62. The summed E-state index contributed by atoms with van der Waals surface area (Å²) >= 11 is 0. The predicted molar refractivity (Wildman–Crippen MR) is 93.4 cm³/mol. The van der Waals surface area contributed by atoms with Crippen LogP contribution in [0.3, 0.4) is 0 Å². The van der Waals surface area contributed by atoms with Crippen LogP contribution in [0.5, 0.6) is 5.75 Å². The first-order valence-electron chi connectivity index (χ1n) is 8.46. The molecule has 1 aromatic carbocycles. The van der Waals surface area contributed by atoms with Gasteiger partial charge in [-0.05, 0) is 35.4 Å². The van der Waals surface area contributed by atoms with Gasteiger partial charge < -0.3 is 15.0 Å². The third-order valence-electron chi connectivity index (χ3n) is 4.54. The number of methoxy groups -OCH3 is 1. The molecule has 5 nitrogen and oxygen atoms in total. The molecule has 2 aromatic rings. The Kier molecular flexibility index (Phi) is 5.35. The van der Waals surface area contributed by atoms with E-state index in [0.29, 0.717) is 5.75 Å². The van der Waals surface area contributed by atoms with Gasteiger partial charge in [0.05, 0.1) is 13.2 Å². The van der Waals surface area contributed by atoms with Gasteiger partial charge >= 0.3 is 6.03 Å². The largest absolute Gasteiger partial charge is 0.497 e. The number of benzene rings is 1. The van der Waals surface area contributed by atoms with Crippen LogP contribution in [-0.4, -0.2) is 42.0 Å². The molecule has 7 heteroatoms. The number of pyridine rings is 1. The zero-order valence-corrected chi connectivity index (χ0v) is 14.5. The first-order valence-corrected chi connectivity index (χ1v) is 8.46. The number of hydrogen-bond acceptors (Lipinski definition) is 3. The van der Waals surface area contributed by atoms with Crippen molar-refractivity contribution in [1.82, 2.24) is 15.2 Å². The molecule has 1 N–H and O–H groups in total. The number of rotatable bonds is 4. The van der Waals surface area contributed by atoms with E-state index in [-0.39, 0.29) is 32.0 Å². The molecule has 0 bridgehead atoms. The van der Waals surface area contributed by atoms with Gasteiger partial charge in [-0.25, -0.2) is 13.6 Å². The number of halogens is 2. The highest BCUT2D eigenvalue weighted by atomic mass is 19.3. The summed E-state index contributed by atoms with van der Waals surface area (Å²) in [5, 5.41) is 2.96. The van der Waals surface area contributed by atoms with E-state index in [4.69, 9.17) is 4.74 Å². The minimum absolute atomic E-state index is 0.0461. The van der Waals surface area contributed by atoms with Gasteiger partial charge in [0.25, 0.3) is 5.92 Å². The van der Waals surface area contributed by atoms with Gasteiger partial charge in [-0.15, -0.1) is 0 Å². The average molecular weight is 361 g/mol. The molecule has 0 saturated carbocycles. The Hall–Kier alpha value is -2.70. The fourth-order valence-corrected chi connectivity index (χ4v) is 2.96. The smallest absolute Gasteiger partial charge is 0.318 e. The molecule has 0 spiro atoms. The molecule has 138 valence electrons. The average Bonchev–Trinajstić information content (AvgIpc) is 2.66. The first-order chi connectivity index (χ1) is 12.5. The number of ether oxygens (including phenoxy) is 1. The lowest BCUT2D eigenvalue weighted by Gasteiger charge is -2.33. The molecule has 3 rings (SSSR count). The molecule has 0 unspecified atom stereocenters. The van der Waals surface area contributed by atoms with Crippen LogP contribution in [0.25, 0.3) is 0 Å². The topological polar surface area (TPSA) is 54.5 Å². The maximum absolute atomic E-state index is 13.3. The number of nitrogens with one attached hydrogen (secondary N) is 1. The second-order valence-electron chi connectivity index (χ2n) is 6.28. The number of likely N-dealkylation sites (tertiary alicyclic amines) is 1. The fourth-order valence-electron chi connectivity index (χ4n) is 2.96. The molecule has 1 aliphatic rings. The van der Waals surface area contributed by atoms with Crippen molar-refractivity contribution in [3.63, 3.8) is 0 Å². The summed E-state index contributed by atoms with van der Waals surface area (Å²) < 4.78 is 31.8. The van der Waals surface area contributed by atoms with Crippen LogP contribution in [-0.2, 0) is 0 Å². The minimum atomic E-state index is -2.68. The van der Waals surface area contributed by atoms with Gasteiger partial charge in [0, 0.05) is 38.3 Å². The van der Waals surface area contributed by atoms with Crippen molar-refractivity contribution in [1.29, 1.82) is 0 Å². The van der Waals surface area contributed by atoms with Crippen molar-refractivity contribution in [3.8, 4) is 5.75 Å². The first kappa shape index (κ1) is 18.1. The Bertz CT molecular complexity index is 728. The Morgan fingerprint density at radius 3 is 2.27 bits per heavy atom. The second kappa shape index (κ2) is 7.68. The summed E-state index contributed by atoms with van der Waals surface area (Å²) in [6.45, 7) is 0.0923. The second-order valence-corrected chi connectivity index (χ2v) is 6.28. The van der Waals surface area contributed by atoms with E-state index >= 15 is 0 Å². The van der Waals surface area contributed by atoms with Crippen molar-refractivity contribution < 1.29 is 18.3 Å². The van der Waals surface area contributed by atoms with Crippen molar-refractivity contribution in [2.45, 2.75) is 24.8 Å². The van der Waals surface area contributed by atoms with E-state index in [1.807, 2.05) is 36.4 Å². The maximum atomic E-state index is 13.3. The summed E-state index contributed by atoms with van der Waals surface area (Å²) in [7, 11) is 1.59. The number of carbonyl (C=O) groups excluding carboxylic acids is 1. The summed E-state index contributed by atoms with van der Waals surface area (Å²) in [6, 6.07) is 10.3. The van der Waals surface area contributed by atoms with Crippen LogP contribution in [0.15, 0.2) is 48.8 Å². The number of hydrogen-bond donors (Lipinski definition) is 1. The summed E-state index contributed by atoms with van der Waals surface area (Å²) in [6.07, 6.45) is 2.70. The van der Waals surface area contributed by atoms with Crippen molar-refractivity contribution in [2.75, 3.05) is 20.2 Å². The standard InChI is InChI=1S/C19H21F2N3O2/c1-26-16-4-2-14(3-5-16)17(15-6-10-22-11-7-15)23-18(25)24-12-8-19(20,21)9-13-24/h2-7,10-11,17H,8-9,12-13H2,1H3,(H,23,25)/t17-/m1/s1. The molecular weight excluding hydrogens is 340 g/mol. The quantitative estimate of drug-likeness (QED) is 0.905. The van der Waals surface area contributed by atoms with Gasteiger partial charge in [-0.1, -0.05) is 12.1 Å². The maximum Gasteiger partial charge on any atom is 0.318 e. The summed E-state index contributed by atoms with van der Waals surface area (Å²) in [4.78, 5) is 18.1. The lowest BCUT2D eigenvalue weighted by Crippen LogP contribution is -2.48. The fraction of sp³-hybridized carbons (Fsp3) is 0.368. The van der Waals surface area contributed by atoms with Crippen LogP contribution in [0, 0.1) is 0 Å². The number of urea groups is 1. The molecule has 1 saturated heterocycles. The van der Waals surface area contributed by atoms with Gasteiger partial charge in [0.15, 0.2) is 0 Å². The van der Waals surface area contributed by atoms with Crippen molar-refractivity contribution in [3.05, 3.63) is 59.9 Å². The monoisotopic (exact) mass is 361 g/mol. The number of piperidine rings is 1. The number of amides is 2. The van der Waals surface area contributed by atoms with Gasteiger partial charge in [-0.3, -0.25) is 4.98 Å². The highest BCUT2D eigenvalue weighted by Crippen LogP contribution is 2.29. The van der Waals surface area contributed by atoms with Crippen molar-refractivity contribution in [2.24, 2.45) is 0 Å². The van der Waals surface area contributed by atoms with E-state index in [2.05, 4.69) is 10.3 Å². The van der Waals surface area contributed by atoms with Crippen LogP contribution in [0.2, 0.25) is 0 Å². The van der Waals surface area contributed by atoms with Crippen LogP contribution in [0.1, 0.15) is 30.0 Å². The van der Waals surface area contributed by atoms with Gasteiger partial charge in [-0.2, -0.15) is 0 Å². The lowest BCUT2D eigenvalue weighted by molar-refractivity contribution is -0.0470. The molecule has 26 heavy (non-hydrogen) atoms. The number of alkyl halides is 2. The molecule has 1 atom stereocenters. The van der Waals surface area contributed by atoms with E-state index in [1.165, 1.54) is 4.90 Å². The van der Waals surface area contributed by atoms with E-state index in [9.17, 15) is 13.6 Å². The van der Waals surface area contributed by atoms with Gasteiger partial charge in [0.1, 0.15) is 5.75 Å². The number of nitrogens with zero attached hydrogens (tertiary/aromatic N) is 2. The molecule has 1 fully saturated rings. The van der Waals surface area contributed by atoms with E-state index < -0.39 is 12.0 Å². The number of carbonyl (C=O) groups is 1. The zero-order chi connectivity index (χ0) is 18.6. The van der Waals surface area contributed by atoms with E-state index in [1.54, 1.807) is 19.5 Å². The highest BCUT2D eigenvalue weighted by molar-refractivity contribution is 5.75. The highest BCUT2D eigenvalue weighted by Gasteiger charge is 2.36. The van der Waals surface area contributed by atoms with Crippen LogP contribution in [0.4, 0.5) is 13.6 Å². The Balaban J connectivity index is 1.79. The number of aromatic nitrogens is 1. The molecule has 2 heterocycles. The molecule has 1 aromatic heterocycles. The van der Waals surface area contributed by atoms with Crippen molar-refractivity contribution >= 4 is 6.03 Å². The SMILES string of the molecule is COc1ccc([C@@H](NC(=O)N2CCC(F)(F)CC2)c2ccncc2)cc1. The Labute approximate surface area is 151 Å². The van der Waals surface area contributed by atoms with Crippen LogP contribution < -0.4 is 10.1 Å². The molecule has 1 aliphatic heterocycles. The van der Waals surface area contributed by atoms with Crippen LogP contribution >= 0.6 is 0 Å². The lowest BCUT2D eigenvalue weighted by atomic mass is 9.99. The van der Waals surface area contributed by atoms with Gasteiger partial charge in [0.2, 0.25) is 0 Å². The third kappa shape index (κ3) is 4.28. The molecule has 0 aliphatic carbocycles. The molecule has 2 amide bonds.